The lowest BCUT2D eigenvalue weighted by molar-refractivity contribution is 0.900. The van der Waals surface area contributed by atoms with Crippen molar-refractivity contribution in [2.45, 2.75) is 26.7 Å². The molecule has 0 bridgehead atoms. The van der Waals surface area contributed by atoms with Gasteiger partial charge in [-0.25, -0.2) is 4.98 Å². The molecule has 22 heavy (non-hydrogen) atoms. The number of rotatable bonds is 2. The molecule has 0 saturated carbocycles. The van der Waals surface area contributed by atoms with Gasteiger partial charge in [-0.15, -0.1) is 0 Å². The van der Waals surface area contributed by atoms with Crippen molar-refractivity contribution in [2.75, 3.05) is 0 Å². The zero-order chi connectivity index (χ0) is 15.9. The first kappa shape index (κ1) is 14.6. The van der Waals surface area contributed by atoms with Gasteiger partial charge in [0, 0.05) is 11.8 Å². The fourth-order valence-electron chi connectivity index (χ4n) is 2.79. The Morgan fingerprint density at radius 2 is 2.00 bits per heavy atom. The number of aromatic nitrogens is 2. The lowest BCUT2D eigenvalue weighted by Gasteiger charge is -2.09. The number of nitriles is 1. The summed E-state index contributed by atoms with van der Waals surface area (Å²) in [6.07, 6.45) is 1.82. The monoisotopic (exact) mass is 309 g/mol. The van der Waals surface area contributed by atoms with Crippen LogP contribution < -0.4 is 0 Å². The van der Waals surface area contributed by atoms with Gasteiger partial charge in [0.05, 0.1) is 28.4 Å². The smallest absolute Gasteiger partial charge is 0.137 e. The van der Waals surface area contributed by atoms with E-state index in [0.717, 1.165) is 28.2 Å². The van der Waals surface area contributed by atoms with Crippen LogP contribution in [0.2, 0.25) is 5.02 Å². The third kappa shape index (κ3) is 2.36. The Balaban J connectivity index is 2.36. The Morgan fingerprint density at radius 1 is 1.23 bits per heavy atom. The van der Waals surface area contributed by atoms with E-state index in [9.17, 15) is 5.26 Å². The highest BCUT2D eigenvalue weighted by atomic mass is 35.5. The predicted molar refractivity (Wildman–Crippen MR) is 89.1 cm³/mol. The lowest BCUT2D eigenvalue weighted by Crippen LogP contribution is -1.99. The molecule has 2 heterocycles. The summed E-state index contributed by atoms with van der Waals surface area (Å²) in [4.78, 5) is 4.74. The van der Waals surface area contributed by atoms with Gasteiger partial charge in [-0.05, 0) is 38.5 Å². The maximum absolute atomic E-state index is 9.40. The maximum Gasteiger partial charge on any atom is 0.137 e. The zero-order valence-corrected chi connectivity index (χ0v) is 13.5. The second-order valence-electron chi connectivity index (χ2n) is 5.59. The minimum atomic E-state index is -0.274. The van der Waals surface area contributed by atoms with Crippen molar-refractivity contribution in [3.8, 4) is 17.3 Å². The summed E-state index contributed by atoms with van der Waals surface area (Å²) >= 11 is 6.11. The van der Waals surface area contributed by atoms with Gasteiger partial charge in [0.2, 0.25) is 0 Å². The highest BCUT2D eigenvalue weighted by Crippen LogP contribution is 2.32. The highest BCUT2D eigenvalue weighted by Gasteiger charge is 2.20. The Kier molecular flexibility index (Phi) is 3.64. The van der Waals surface area contributed by atoms with E-state index < -0.39 is 0 Å². The van der Waals surface area contributed by atoms with E-state index in [1.807, 2.05) is 29.7 Å². The van der Waals surface area contributed by atoms with Crippen LogP contribution in [0.1, 0.15) is 29.7 Å². The third-order valence-corrected chi connectivity index (χ3v) is 4.08. The fourth-order valence-corrected chi connectivity index (χ4v) is 2.95. The largest absolute Gasteiger partial charge is 0.301 e. The molecule has 0 N–H and O–H groups in total. The molecular weight excluding hydrogens is 294 g/mol. The molecule has 3 rings (SSSR count). The average molecular weight is 310 g/mol. The maximum atomic E-state index is 9.40. The molecule has 4 heteroatoms. The topological polar surface area (TPSA) is 41.1 Å². The molecule has 0 aliphatic heterocycles. The van der Waals surface area contributed by atoms with Crippen molar-refractivity contribution in [1.29, 1.82) is 5.26 Å². The minimum Gasteiger partial charge on any atom is -0.301 e. The number of fused-ring (bicyclic) bond motifs is 1. The number of hydrogen-bond donors (Lipinski definition) is 0. The molecule has 0 fully saturated rings. The van der Waals surface area contributed by atoms with Crippen molar-refractivity contribution in [2.24, 2.45) is 0 Å². The Morgan fingerprint density at radius 3 is 2.68 bits per heavy atom. The molecule has 0 radical (unpaired) electrons. The second kappa shape index (κ2) is 5.47. The van der Waals surface area contributed by atoms with Gasteiger partial charge in [-0.3, -0.25) is 0 Å². The lowest BCUT2D eigenvalue weighted by atomic mass is 9.98. The molecule has 0 saturated heterocycles. The molecule has 0 aliphatic rings. The van der Waals surface area contributed by atoms with Crippen molar-refractivity contribution in [1.82, 2.24) is 9.38 Å². The van der Waals surface area contributed by atoms with Crippen molar-refractivity contribution < 1.29 is 0 Å². The molecule has 2 aromatic heterocycles. The van der Waals surface area contributed by atoms with Crippen molar-refractivity contribution in [3.05, 3.63) is 58.4 Å². The van der Waals surface area contributed by atoms with E-state index in [-0.39, 0.29) is 5.92 Å². The molecule has 1 unspecified atom stereocenters. The number of nitrogens with zero attached hydrogens (tertiary/aromatic N) is 3. The average Bonchev–Trinajstić information content (AvgIpc) is 2.84. The van der Waals surface area contributed by atoms with Crippen LogP contribution >= 0.6 is 11.6 Å². The zero-order valence-electron chi connectivity index (χ0n) is 12.8. The standard InChI is InChI=1S/C18H16ClN3/c1-11-4-6-15(12(2)8-11)17-18(13(3)9-20)22-10-14(19)5-7-16(22)21-17/h4-8,10,13H,1-3H3. The minimum absolute atomic E-state index is 0.274. The summed E-state index contributed by atoms with van der Waals surface area (Å²) in [5.74, 6) is -0.274. The van der Waals surface area contributed by atoms with Gasteiger partial charge in [-0.2, -0.15) is 5.26 Å². The van der Waals surface area contributed by atoms with Crippen molar-refractivity contribution >= 4 is 17.2 Å². The quantitative estimate of drug-likeness (QED) is 0.675. The van der Waals surface area contributed by atoms with E-state index in [4.69, 9.17) is 16.6 Å². The third-order valence-electron chi connectivity index (χ3n) is 3.86. The van der Waals surface area contributed by atoms with Gasteiger partial charge in [0.15, 0.2) is 0 Å². The summed E-state index contributed by atoms with van der Waals surface area (Å²) in [6.45, 7) is 6.02. The number of benzene rings is 1. The van der Waals surface area contributed by atoms with Crippen LogP contribution in [0.3, 0.4) is 0 Å². The summed E-state index contributed by atoms with van der Waals surface area (Å²) < 4.78 is 1.92. The Bertz CT molecular complexity index is 903. The van der Waals surface area contributed by atoms with E-state index in [1.54, 1.807) is 0 Å². The van der Waals surface area contributed by atoms with Gasteiger partial charge in [0.25, 0.3) is 0 Å². The molecule has 0 aliphatic carbocycles. The van der Waals surface area contributed by atoms with Crippen LogP contribution in [0.4, 0.5) is 0 Å². The Labute approximate surface area is 134 Å². The van der Waals surface area contributed by atoms with Crippen LogP contribution in [0.5, 0.6) is 0 Å². The molecule has 1 atom stereocenters. The SMILES string of the molecule is Cc1ccc(-c2nc3ccc(Cl)cn3c2C(C)C#N)c(C)c1. The molecular formula is C18H16ClN3. The highest BCUT2D eigenvalue weighted by molar-refractivity contribution is 6.30. The van der Waals surface area contributed by atoms with Gasteiger partial charge >= 0.3 is 0 Å². The number of pyridine rings is 1. The number of hydrogen-bond acceptors (Lipinski definition) is 2. The van der Waals surface area contributed by atoms with Crippen LogP contribution in [-0.2, 0) is 0 Å². The molecule has 3 aromatic rings. The number of halogens is 1. The molecule has 110 valence electrons. The van der Waals surface area contributed by atoms with Crippen LogP contribution in [0, 0.1) is 25.2 Å². The van der Waals surface area contributed by atoms with Gasteiger partial charge in [-0.1, -0.05) is 35.4 Å². The summed E-state index contributed by atoms with van der Waals surface area (Å²) in [5, 5.41) is 10.0. The van der Waals surface area contributed by atoms with Crippen molar-refractivity contribution in [3.63, 3.8) is 0 Å². The molecule has 1 aromatic carbocycles. The summed E-state index contributed by atoms with van der Waals surface area (Å²) in [6, 6.07) is 12.3. The summed E-state index contributed by atoms with van der Waals surface area (Å²) in [5.41, 5.74) is 5.96. The van der Waals surface area contributed by atoms with E-state index in [2.05, 4.69) is 38.1 Å². The number of aryl methyl sites for hydroxylation is 2. The molecule has 0 amide bonds. The van der Waals surface area contributed by atoms with E-state index in [1.165, 1.54) is 5.56 Å². The first-order valence-corrected chi connectivity index (χ1v) is 7.54. The van der Waals surface area contributed by atoms with Crippen LogP contribution in [-0.4, -0.2) is 9.38 Å². The predicted octanol–water partition coefficient (Wildman–Crippen LogP) is 4.90. The van der Waals surface area contributed by atoms with Gasteiger partial charge < -0.3 is 4.40 Å². The van der Waals surface area contributed by atoms with E-state index >= 15 is 0 Å². The summed E-state index contributed by atoms with van der Waals surface area (Å²) in [7, 11) is 0. The van der Waals surface area contributed by atoms with Crippen LogP contribution in [0.15, 0.2) is 36.5 Å². The second-order valence-corrected chi connectivity index (χ2v) is 6.03. The fraction of sp³-hybridized carbons (Fsp3) is 0.222. The van der Waals surface area contributed by atoms with Crippen LogP contribution in [0.25, 0.3) is 16.9 Å². The first-order chi connectivity index (χ1) is 10.5. The molecule has 3 nitrogen and oxygen atoms in total. The van der Waals surface area contributed by atoms with E-state index in [0.29, 0.717) is 5.02 Å². The van der Waals surface area contributed by atoms with Gasteiger partial charge in [0.1, 0.15) is 5.65 Å². The Hall–Kier alpha value is -2.31. The molecule has 0 spiro atoms. The normalized spacial score (nSPS) is 12.3. The first-order valence-electron chi connectivity index (χ1n) is 7.16. The number of imidazole rings is 1.